The Morgan fingerprint density at radius 1 is 1.04 bits per heavy atom. The highest BCUT2D eigenvalue weighted by atomic mass is 79.9. The maximum absolute atomic E-state index is 13.0. The first-order chi connectivity index (χ1) is 13.5. The van der Waals surface area contributed by atoms with E-state index in [9.17, 15) is 14.0 Å². The first kappa shape index (κ1) is 20.8. The molecule has 3 rings (SSSR count). The zero-order valence-electron chi connectivity index (χ0n) is 15.3. The zero-order chi connectivity index (χ0) is 19.9. The van der Waals surface area contributed by atoms with Crippen molar-refractivity contribution in [3.05, 3.63) is 50.9 Å². The zero-order valence-corrected chi connectivity index (χ0v) is 17.7. The fourth-order valence-corrected chi connectivity index (χ4v) is 4.28. The summed E-state index contributed by atoms with van der Waals surface area (Å²) < 4.78 is 13.9. The van der Waals surface area contributed by atoms with Crippen molar-refractivity contribution in [3.63, 3.8) is 0 Å². The number of nitrogens with zero attached hydrogens (tertiary/aromatic N) is 2. The Hall–Kier alpha value is -1.97. The summed E-state index contributed by atoms with van der Waals surface area (Å²) in [6, 6.07) is 10.1. The second-order valence-electron chi connectivity index (χ2n) is 6.44. The van der Waals surface area contributed by atoms with Gasteiger partial charge in [0.1, 0.15) is 5.82 Å². The molecule has 9 heteroatoms. The molecule has 0 spiro atoms. The number of piperazine rings is 1. The third-order valence-electron chi connectivity index (χ3n) is 4.52. The summed E-state index contributed by atoms with van der Waals surface area (Å²) in [6.07, 6.45) is 0. The Bertz CT molecular complexity index is 807. The standard InChI is InChI=1S/C19H22BrFN4O2S/c20-17-6-5-16(28-17)19(27)23-13-18(26)22-7-8-24-9-11-25(12-10-24)15-3-1-14(21)2-4-15/h1-6H,7-13H2,(H,22,26)(H,23,27). The second kappa shape index (κ2) is 9.99. The van der Waals surface area contributed by atoms with E-state index in [2.05, 4.69) is 36.4 Å². The number of carbonyl (C=O) groups is 2. The first-order valence-corrected chi connectivity index (χ1v) is 10.7. The van der Waals surface area contributed by atoms with Crippen LogP contribution in [0.25, 0.3) is 0 Å². The van der Waals surface area contributed by atoms with Gasteiger partial charge in [0.05, 0.1) is 15.2 Å². The Labute approximate surface area is 175 Å². The van der Waals surface area contributed by atoms with Gasteiger partial charge in [0, 0.05) is 45.0 Å². The normalized spacial score (nSPS) is 14.7. The number of rotatable bonds is 7. The van der Waals surface area contributed by atoms with Crippen molar-refractivity contribution < 1.29 is 14.0 Å². The molecule has 1 fully saturated rings. The average molecular weight is 469 g/mol. The SMILES string of the molecule is O=C(CNC(=O)c1ccc(Br)s1)NCCN1CCN(c2ccc(F)cc2)CC1. The van der Waals surface area contributed by atoms with E-state index in [0.717, 1.165) is 42.2 Å². The number of carbonyl (C=O) groups excluding carboxylic acids is 2. The molecule has 2 aromatic rings. The van der Waals surface area contributed by atoms with Crippen LogP contribution in [0.2, 0.25) is 0 Å². The van der Waals surface area contributed by atoms with Gasteiger partial charge in [0.25, 0.3) is 5.91 Å². The van der Waals surface area contributed by atoms with Crippen LogP contribution in [-0.2, 0) is 4.79 Å². The van der Waals surface area contributed by atoms with E-state index < -0.39 is 0 Å². The highest BCUT2D eigenvalue weighted by Crippen LogP contribution is 2.21. The Morgan fingerprint density at radius 3 is 2.39 bits per heavy atom. The fraction of sp³-hybridized carbons (Fsp3) is 0.368. The van der Waals surface area contributed by atoms with E-state index in [4.69, 9.17) is 0 Å². The van der Waals surface area contributed by atoms with Gasteiger partial charge in [0.2, 0.25) is 5.91 Å². The molecule has 1 saturated heterocycles. The van der Waals surface area contributed by atoms with Gasteiger partial charge >= 0.3 is 0 Å². The molecule has 28 heavy (non-hydrogen) atoms. The van der Waals surface area contributed by atoms with Crippen LogP contribution in [0.5, 0.6) is 0 Å². The van der Waals surface area contributed by atoms with Crippen LogP contribution >= 0.6 is 27.3 Å². The Balaban J connectivity index is 1.30. The van der Waals surface area contributed by atoms with Crippen LogP contribution in [0.4, 0.5) is 10.1 Å². The topological polar surface area (TPSA) is 64.7 Å². The summed E-state index contributed by atoms with van der Waals surface area (Å²) in [6.45, 7) is 4.77. The Kier molecular flexibility index (Phi) is 7.41. The third-order valence-corrected chi connectivity index (χ3v) is 6.14. The number of nitrogens with one attached hydrogen (secondary N) is 2. The third kappa shape index (κ3) is 6.02. The van der Waals surface area contributed by atoms with Crippen molar-refractivity contribution in [2.45, 2.75) is 0 Å². The maximum atomic E-state index is 13.0. The van der Waals surface area contributed by atoms with Crippen molar-refractivity contribution in [2.75, 3.05) is 50.7 Å². The second-order valence-corrected chi connectivity index (χ2v) is 8.90. The van der Waals surface area contributed by atoms with Crippen LogP contribution in [0.3, 0.4) is 0 Å². The fourth-order valence-electron chi connectivity index (χ4n) is 2.98. The number of anilines is 1. The highest BCUT2D eigenvalue weighted by Gasteiger charge is 2.17. The van der Waals surface area contributed by atoms with Gasteiger partial charge in [-0.1, -0.05) is 0 Å². The molecular formula is C19H22BrFN4O2S. The van der Waals surface area contributed by atoms with E-state index in [1.165, 1.54) is 23.5 Å². The molecule has 0 bridgehead atoms. The first-order valence-electron chi connectivity index (χ1n) is 9.04. The van der Waals surface area contributed by atoms with Crippen molar-refractivity contribution in [2.24, 2.45) is 0 Å². The van der Waals surface area contributed by atoms with E-state index in [1.807, 2.05) is 0 Å². The van der Waals surface area contributed by atoms with Gasteiger partial charge in [-0.25, -0.2) is 4.39 Å². The quantitative estimate of drug-likeness (QED) is 0.654. The summed E-state index contributed by atoms with van der Waals surface area (Å²) in [5.41, 5.74) is 1.03. The smallest absolute Gasteiger partial charge is 0.261 e. The van der Waals surface area contributed by atoms with Crippen molar-refractivity contribution >= 4 is 44.8 Å². The predicted molar refractivity (Wildman–Crippen MR) is 112 cm³/mol. The van der Waals surface area contributed by atoms with Crippen LogP contribution in [0.1, 0.15) is 9.67 Å². The van der Waals surface area contributed by atoms with Gasteiger partial charge in [-0.3, -0.25) is 14.5 Å². The molecule has 2 amide bonds. The van der Waals surface area contributed by atoms with Gasteiger partial charge < -0.3 is 15.5 Å². The number of thiophene rings is 1. The monoisotopic (exact) mass is 468 g/mol. The van der Waals surface area contributed by atoms with Crippen LogP contribution in [0.15, 0.2) is 40.2 Å². The summed E-state index contributed by atoms with van der Waals surface area (Å²) in [5.74, 6) is -0.672. The molecule has 1 aromatic carbocycles. The van der Waals surface area contributed by atoms with E-state index in [-0.39, 0.29) is 24.2 Å². The molecule has 0 unspecified atom stereocenters. The van der Waals surface area contributed by atoms with E-state index in [0.29, 0.717) is 11.4 Å². The van der Waals surface area contributed by atoms with Crippen molar-refractivity contribution in [1.29, 1.82) is 0 Å². The van der Waals surface area contributed by atoms with Gasteiger partial charge in [-0.2, -0.15) is 0 Å². The van der Waals surface area contributed by atoms with Crippen LogP contribution in [-0.4, -0.2) is 62.5 Å². The lowest BCUT2D eigenvalue weighted by molar-refractivity contribution is -0.120. The minimum atomic E-state index is -0.247. The molecule has 0 aliphatic carbocycles. The summed E-state index contributed by atoms with van der Waals surface area (Å²) in [5, 5.41) is 5.45. The molecule has 1 aromatic heterocycles. The summed E-state index contributed by atoms with van der Waals surface area (Å²) in [7, 11) is 0. The number of benzene rings is 1. The molecular weight excluding hydrogens is 447 g/mol. The maximum Gasteiger partial charge on any atom is 0.261 e. The molecule has 0 atom stereocenters. The molecule has 150 valence electrons. The number of hydrogen-bond donors (Lipinski definition) is 2. The predicted octanol–water partition coefficient (Wildman–Crippen LogP) is 2.32. The van der Waals surface area contributed by atoms with Crippen molar-refractivity contribution in [3.8, 4) is 0 Å². The molecule has 2 N–H and O–H groups in total. The lowest BCUT2D eigenvalue weighted by Crippen LogP contribution is -2.49. The molecule has 1 aliphatic heterocycles. The van der Waals surface area contributed by atoms with Gasteiger partial charge in [-0.15, -0.1) is 11.3 Å². The van der Waals surface area contributed by atoms with Crippen LogP contribution in [0, 0.1) is 5.82 Å². The van der Waals surface area contributed by atoms with Gasteiger partial charge in [-0.05, 0) is 52.3 Å². The molecule has 0 saturated carbocycles. The van der Waals surface area contributed by atoms with Crippen LogP contribution < -0.4 is 15.5 Å². The molecule has 6 nitrogen and oxygen atoms in total. The summed E-state index contributed by atoms with van der Waals surface area (Å²) >= 11 is 4.64. The largest absolute Gasteiger partial charge is 0.369 e. The minimum Gasteiger partial charge on any atom is -0.369 e. The summed E-state index contributed by atoms with van der Waals surface area (Å²) in [4.78, 5) is 28.9. The number of hydrogen-bond acceptors (Lipinski definition) is 5. The van der Waals surface area contributed by atoms with Gasteiger partial charge in [0.15, 0.2) is 0 Å². The molecule has 1 aliphatic rings. The minimum absolute atomic E-state index is 0.0350. The average Bonchev–Trinajstić information content (AvgIpc) is 3.14. The highest BCUT2D eigenvalue weighted by molar-refractivity contribution is 9.11. The number of amides is 2. The number of halogens is 2. The lowest BCUT2D eigenvalue weighted by atomic mass is 10.2. The van der Waals surface area contributed by atoms with Crippen molar-refractivity contribution in [1.82, 2.24) is 15.5 Å². The Morgan fingerprint density at radius 2 is 1.75 bits per heavy atom. The lowest BCUT2D eigenvalue weighted by Gasteiger charge is -2.36. The molecule has 2 heterocycles. The van der Waals surface area contributed by atoms with E-state index in [1.54, 1.807) is 24.3 Å². The molecule has 0 radical (unpaired) electrons. The van der Waals surface area contributed by atoms with E-state index >= 15 is 0 Å².